The average Bonchev–Trinajstić information content (AvgIpc) is 2.22. The summed E-state index contributed by atoms with van der Waals surface area (Å²) in [4.78, 5) is 0. The molecule has 0 aromatic rings. The molecule has 3 heteroatoms. The highest BCUT2D eigenvalue weighted by Crippen LogP contribution is 2.23. The van der Waals surface area contributed by atoms with Gasteiger partial charge in [-0.25, -0.2) is 0 Å². The molecule has 2 nitrogen and oxygen atoms in total. The van der Waals surface area contributed by atoms with Crippen LogP contribution in [0.4, 0.5) is 0 Å². The molecule has 0 bridgehead atoms. The van der Waals surface area contributed by atoms with Crippen molar-refractivity contribution in [3.63, 3.8) is 0 Å². The third-order valence-electron chi connectivity index (χ3n) is 2.36. The second kappa shape index (κ2) is 4.69. The van der Waals surface area contributed by atoms with Crippen LogP contribution in [0.1, 0.15) is 19.3 Å². The van der Waals surface area contributed by atoms with E-state index in [0.29, 0.717) is 0 Å². The Bertz CT molecular complexity index is 366. The maximum absolute atomic E-state index is 5.94. The summed E-state index contributed by atoms with van der Waals surface area (Å²) in [5, 5.41) is 0.851. The molecule has 0 aliphatic heterocycles. The number of nitrogens with two attached hydrogens (primary N) is 1. The number of hydrogen-bond acceptors (Lipinski definition) is 2. The molecule has 1 atom stereocenters. The predicted molar refractivity (Wildman–Crippen MR) is 62.2 cm³/mol. The van der Waals surface area contributed by atoms with Gasteiger partial charge in [0.25, 0.3) is 0 Å². The molecule has 2 aliphatic rings. The first-order chi connectivity index (χ1) is 7.24. The zero-order valence-corrected chi connectivity index (χ0v) is 9.20. The Morgan fingerprint density at radius 2 is 2.20 bits per heavy atom. The molecule has 80 valence electrons. The van der Waals surface area contributed by atoms with Crippen LogP contribution < -0.4 is 5.73 Å². The van der Waals surface area contributed by atoms with Crippen LogP contribution >= 0.6 is 11.6 Å². The molecule has 0 heterocycles. The van der Waals surface area contributed by atoms with E-state index in [-0.39, 0.29) is 6.04 Å². The first kappa shape index (κ1) is 10.5. The molecule has 0 aromatic carbocycles. The van der Waals surface area contributed by atoms with E-state index in [1.54, 1.807) is 0 Å². The van der Waals surface area contributed by atoms with E-state index in [2.05, 4.69) is 6.08 Å². The molecule has 2 aliphatic carbocycles. The van der Waals surface area contributed by atoms with Crippen molar-refractivity contribution in [2.75, 3.05) is 0 Å². The smallest absolute Gasteiger partial charge is 0.124 e. The van der Waals surface area contributed by atoms with Gasteiger partial charge in [0.2, 0.25) is 0 Å². The Morgan fingerprint density at radius 1 is 1.33 bits per heavy atom. The highest BCUT2D eigenvalue weighted by molar-refractivity contribution is 6.29. The SMILES string of the molecule is NC1C=CC(OC2=CCCC(Cl)=C2)=CC1. The van der Waals surface area contributed by atoms with Gasteiger partial charge < -0.3 is 10.5 Å². The Labute approximate surface area is 94.7 Å². The summed E-state index contributed by atoms with van der Waals surface area (Å²) < 4.78 is 5.67. The largest absolute Gasteiger partial charge is 0.458 e. The van der Waals surface area contributed by atoms with Crippen molar-refractivity contribution in [2.45, 2.75) is 25.3 Å². The van der Waals surface area contributed by atoms with Crippen LogP contribution in [0.5, 0.6) is 0 Å². The summed E-state index contributed by atoms with van der Waals surface area (Å²) >= 11 is 5.94. The number of halogens is 1. The monoisotopic (exact) mass is 223 g/mol. The number of rotatable bonds is 2. The van der Waals surface area contributed by atoms with Gasteiger partial charge in [-0.05, 0) is 43.6 Å². The fourth-order valence-electron chi connectivity index (χ4n) is 1.54. The van der Waals surface area contributed by atoms with Gasteiger partial charge in [-0.1, -0.05) is 17.7 Å². The van der Waals surface area contributed by atoms with E-state index >= 15 is 0 Å². The van der Waals surface area contributed by atoms with Gasteiger partial charge in [0.15, 0.2) is 0 Å². The highest BCUT2D eigenvalue weighted by atomic mass is 35.5. The molecule has 2 rings (SSSR count). The summed E-state index contributed by atoms with van der Waals surface area (Å²) in [6.07, 6.45) is 12.5. The van der Waals surface area contributed by atoms with Crippen LogP contribution in [0.25, 0.3) is 0 Å². The fourth-order valence-corrected chi connectivity index (χ4v) is 1.75. The number of hydrogen-bond donors (Lipinski definition) is 1. The zero-order valence-electron chi connectivity index (χ0n) is 8.45. The quantitative estimate of drug-likeness (QED) is 0.781. The fraction of sp³-hybridized carbons (Fsp3) is 0.333. The van der Waals surface area contributed by atoms with Crippen molar-refractivity contribution in [1.29, 1.82) is 0 Å². The van der Waals surface area contributed by atoms with Crippen LogP contribution in [0.15, 0.2) is 46.9 Å². The Hall–Kier alpha value is -0.990. The average molecular weight is 224 g/mol. The zero-order chi connectivity index (χ0) is 10.7. The van der Waals surface area contributed by atoms with Crippen LogP contribution in [0, 0.1) is 0 Å². The van der Waals surface area contributed by atoms with Crippen molar-refractivity contribution in [3.8, 4) is 0 Å². The molecular formula is C12H14ClNO. The second-order valence-electron chi connectivity index (χ2n) is 3.70. The van der Waals surface area contributed by atoms with Gasteiger partial charge >= 0.3 is 0 Å². The lowest BCUT2D eigenvalue weighted by atomic mass is 10.1. The maximum Gasteiger partial charge on any atom is 0.124 e. The van der Waals surface area contributed by atoms with E-state index in [0.717, 1.165) is 35.8 Å². The molecule has 0 aromatic heterocycles. The Kier molecular flexibility index (Phi) is 3.29. The summed E-state index contributed by atoms with van der Waals surface area (Å²) in [6, 6.07) is 0.122. The van der Waals surface area contributed by atoms with E-state index in [1.807, 2.05) is 24.3 Å². The minimum Gasteiger partial charge on any atom is -0.458 e. The summed E-state index contributed by atoms with van der Waals surface area (Å²) in [6.45, 7) is 0. The molecular weight excluding hydrogens is 210 g/mol. The molecule has 0 saturated heterocycles. The van der Waals surface area contributed by atoms with Gasteiger partial charge in [0.1, 0.15) is 11.5 Å². The molecule has 15 heavy (non-hydrogen) atoms. The predicted octanol–water partition coefficient (Wildman–Crippen LogP) is 2.97. The van der Waals surface area contributed by atoms with E-state index in [9.17, 15) is 0 Å². The lowest BCUT2D eigenvalue weighted by Gasteiger charge is -2.15. The summed E-state index contributed by atoms with van der Waals surface area (Å²) in [5.74, 6) is 1.68. The van der Waals surface area contributed by atoms with Crippen LogP contribution in [-0.4, -0.2) is 6.04 Å². The van der Waals surface area contributed by atoms with Gasteiger partial charge in [0.05, 0.1) is 0 Å². The number of allylic oxidation sites excluding steroid dienone is 4. The van der Waals surface area contributed by atoms with Crippen LogP contribution in [0.3, 0.4) is 0 Å². The van der Waals surface area contributed by atoms with E-state index < -0.39 is 0 Å². The van der Waals surface area contributed by atoms with E-state index in [4.69, 9.17) is 22.1 Å². The minimum atomic E-state index is 0.122. The number of ether oxygens (including phenoxy) is 1. The topological polar surface area (TPSA) is 35.2 Å². The van der Waals surface area contributed by atoms with Gasteiger partial charge in [-0.3, -0.25) is 0 Å². The molecule has 0 spiro atoms. The molecule has 0 radical (unpaired) electrons. The first-order valence-electron chi connectivity index (χ1n) is 5.12. The Balaban J connectivity index is 1.98. The second-order valence-corrected chi connectivity index (χ2v) is 4.19. The Morgan fingerprint density at radius 3 is 2.87 bits per heavy atom. The minimum absolute atomic E-state index is 0.122. The van der Waals surface area contributed by atoms with Gasteiger partial charge in [-0.15, -0.1) is 0 Å². The van der Waals surface area contributed by atoms with Crippen molar-refractivity contribution in [1.82, 2.24) is 0 Å². The summed E-state index contributed by atoms with van der Waals surface area (Å²) in [7, 11) is 0. The lowest BCUT2D eigenvalue weighted by molar-refractivity contribution is 0.328. The van der Waals surface area contributed by atoms with Crippen molar-refractivity contribution in [2.24, 2.45) is 5.73 Å². The molecule has 0 fully saturated rings. The van der Waals surface area contributed by atoms with Crippen molar-refractivity contribution in [3.05, 3.63) is 46.9 Å². The van der Waals surface area contributed by atoms with Gasteiger partial charge in [-0.2, -0.15) is 0 Å². The molecule has 0 saturated carbocycles. The van der Waals surface area contributed by atoms with Crippen LogP contribution in [-0.2, 0) is 4.74 Å². The van der Waals surface area contributed by atoms with Crippen molar-refractivity contribution < 1.29 is 4.74 Å². The lowest BCUT2D eigenvalue weighted by Crippen LogP contribution is -2.17. The van der Waals surface area contributed by atoms with Gasteiger partial charge in [0, 0.05) is 11.1 Å². The normalized spacial score (nSPS) is 25.5. The van der Waals surface area contributed by atoms with Crippen LogP contribution in [0.2, 0.25) is 0 Å². The van der Waals surface area contributed by atoms with Crippen molar-refractivity contribution >= 4 is 11.6 Å². The molecule has 1 unspecified atom stereocenters. The summed E-state index contributed by atoms with van der Waals surface area (Å²) in [5.41, 5.74) is 5.72. The van der Waals surface area contributed by atoms with E-state index in [1.165, 1.54) is 0 Å². The standard InChI is InChI=1S/C12H14ClNO/c13-9-2-1-3-12(8-9)15-11-6-4-10(14)5-7-11/h3-4,6-8,10H,1-2,5,14H2. The highest BCUT2D eigenvalue weighted by Gasteiger charge is 2.08. The first-order valence-corrected chi connectivity index (χ1v) is 5.50. The third-order valence-corrected chi connectivity index (χ3v) is 2.66. The maximum atomic E-state index is 5.94. The molecule has 2 N–H and O–H groups in total. The molecule has 0 amide bonds. The third kappa shape index (κ3) is 2.98.